The molecule has 25 heavy (non-hydrogen) atoms. The van der Waals surface area contributed by atoms with Gasteiger partial charge in [-0.15, -0.1) is 0 Å². The van der Waals surface area contributed by atoms with Crippen LogP contribution in [0.25, 0.3) is 0 Å². The van der Waals surface area contributed by atoms with Crippen LogP contribution in [-0.4, -0.2) is 43.7 Å². The highest BCUT2D eigenvalue weighted by Gasteiger charge is 2.22. The number of carbonyl (C=O) groups excluding carboxylic acids is 1. The molecule has 1 saturated heterocycles. The minimum atomic E-state index is -0.296. The van der Waals surface area contributed by atoms with E-state index in [1.54, 1.807) is 18.2 Å². The van der Waals surface area contributed by atoms with E-state index in [-0.39, 0.29) is 12.1 Å². The Bertz CT molecular complexity index is 724. The Labute approximate surface area is 157 Å². The highest BCUT2D eigenvalue weighted by molar-refractivity contribution is 6.42. The SMILES string of the molecule is O=C(OCCN1CCOC(c2ccc(Cl)c(Cl)c2)C1)c1ccccc1. The van der Waals surface area contributed by atoms with Crippen molar-refractivity contribution < 1.29 is 14.3 Å². The molecule has 0 aromatic heterocycles. The Morgan fingerprint density at radius 1 is 1.16 bits per heavy atom. The third kappa shape index (κ3) is 4.95. The quantitative estimate of drug-likeness (QED) is 0.728. The summed E-state index contributed by atoms with van der Waals surface area (Å²) in [4.78, 5) is 14.2. The van der Waals surface area contributed by atoms with E-state index < -0.39 is 0 Å². The van der Waals surface area contributed by atoms with E-state index in [0.717, 1.165) is 18.7 Å². The lowest BCUT2D eigenvalue weighted by atomic mass is 10.1. The van der Waals surface area contributed by atoms with Crippen molar-refractivity contribution in [1.29, 1.82) is 0 Å². The molecule has 1 atom stereocenters. The summed E-state index contributed by atoms with van der Waals surface area (Å²) in [6, 6.07) is 14.6. The molecule has 1 fully saturated rings. The Morgan fingerprint density at radius 2 is 1.96 bits per heavy atom. The van der Waals surface area contributed by atoms with Gasteiger partial charge in [0.05, 0.1) is 28.3 Å². The zero-order valence-electron chi connectivity index (χ0n) is 13.7. The van der Waals surface area contributed by atoms with Crippen molar-refractivity contribution in [2.24, 2.45) is 0 Å². The Kier molecular flexibility index (Phi) is 6.32. The number of carbonyl (C=O) groups is 1. The topological polar surface area (TPSA) is 38.8 Å². The van der Waals surface area contributed by atoms with Crippen molar-refractivity contribution >= 4 is 29.2 Å². The number of morpholine rings is 1. The van der Waals surface area contributed by atoms with Crippen LogP contribution in [0.4, 0.5) is 0 Å². The lowest BCUT2D eigenvalue weighted by Crippen LogP contribution is -2.40. The fraction of sp³-hybridized carbons (Fsp3) is 0.316. The van der Waals surface area contributed by atoms with Gasteiger partial charge in [-0.3, -0.25) is 4.90 Å². The molecule has 2 aromatic rings. The molecule has 4 nitrogen and oxygen atoms in total. The van der Waals surface area contributed by atoms with E-state index in [2.05, 4.69) is 4.90 Å². The van der Waals surface area contributed by atoms with Gasteiger partial charge in [0, 0.05) is 19.6 Å². The molecular weight excluding hydrogens is 361 g/mol. The van der Waals surface area contributed by atoms with Crippen LogP contribution in [0.3, 0.4) is 0 Å². The molecule has 2 aromatic carbocycles. The molecule has 132 valence electrons. The van der Waals surface area contributed by atoms with Gasteiger partial charge in [0.1, 0.15) is 6.61 Å². The maximum absolute atomic E-state index is 11.9. The standard InChI is InChI=1S/C19H19Cl2NO3/c20-16-7-6-15(12-17(16)21)18-13-22(8-10-24-18)9-11-25-19(23)14-4-2-1-3-5-14/h1-7,12,18H,8-11,13H2. The molecule has 0 bridgehead atoms. The second kappa shape index (κ2) is 8.68. The van der Waals surface area contributed by atoms with E-state index in [1.165, 1.54) is 0 Å². The first-order valence-electron chi connectivity index (χ1n) is 8.14. The van der Waals surface area contributed by atoms with E-state index in [1.807, 2.05) is 30.3 Å². The number of rotatable bonds is 5. The molecule has 1 aliphatic heterocycles. The summed E-state index contributed by atoms with van der Waals surface area (Å²) in [6.45, 7) is 3.17. The third-order valence-electron chi connectivity index (χ3n) is 4.12. The van der Waals surface area contributed by atoms with Crippen molar-refractivity contribution in [2.45, 2.75) is 6.10 Å². The smallest absolute Gasteiger partial charge is 0.338 e. The van der Waals surface area contributed by atoms with Gasteiger partial charge in [-0.1, -0.05) is 47.5 Å². The molecule has 0 radical (unpaired) electrons. The number of hydrogen-bond donors (Lipinski definition) is 0. The second-order valence-corrected chi connectivity index (χ2v) is 6.65. The molecule has 0 N–H and O–H groups in total. The fourth-order valence-corrected chi connectivity index (χ4v) is 3.05. The predicted molar refractivity (Wildman–Crippen MR) is 98.3 cm³/mol. The Morgan fingerprint density at radius 3 is 2.72 bits per heavy atom. The van der Waals surface area contributed by atoms with E-state index in [0.29, 0.717) is 35.4 Å². The van der Waals surface area contributed by atoms with Crippen LogP contribution in [0.2, 0.25) is 10.0 Å². The molecule has 0 amide bonds. The summed E-state index contributed by atoms with van der Waals surface area (Å²) >= 11 is 12.1. The first kappa shape index (κ1) is 18.2. The van der Waals surface area contributed by atoms with Gasteiger partial charge in [-0.05, 0) is 29.8 Å². The monoisotopic (exact) mass is 379 g/mol. The van der Waals surface area contributed by atoms with Crippen LogP contribution in [0.5, 0.6) is 0 Å². The van der Waals surface area contributed by atoms with Crippen LogP contribution >= 0.6 is 23.2 Å². The fourth-order valence-electron chi connectivity index (χ4n) is 2.74. The predicted octanol–water partition coefficient (Wildman–Crippen LogP) is 4.22. The zero-order valence-corrected chi connectivity index (χ0v) is 15.2. The summed E-state index contributed by atoms with van der Waals surface area (Å²) in [5.74, 6) is -0.296. The number of esters is 1. The molecule has 1 unspecified atom stereocenters. The first-order valence-corrected chi connectivity index (χ1v) is 8.90. The van der Waals surface area contributed by atoms with Crippen LogP contribution < -0.4 is 0 Å². The summed E-state index contributed by atoms with van der Waals surface area (Å²) in [5.41, 5.74) is 1.57. The van der Waals surface area contributed by atoms with Gasteiger partial charge in [0.15, 0.2) is 0 Å². The van der Waals surface area contributed by atoms with Gasteiger partial charge in [0.25, 0.3) is 0 Å². The van der Waals surface area contributed by atoms with Crippen LogP contribution in [0.15, 0.2) is 48.5 Å². The molecule has 1 heterocycles. The van der Waals surface area contributed by atoms with Crippen LogP contribution in [-0.2, 0) is 9.47 Å². The second-order valence-electron chi connectivity index (χ2n) is 5.84. The summed E-state index contributed by atoms with van der Waals surface area (Å²) in [7, 11) is 0. The minimum absolute atomic E-state index is 0.0617. The minimum Gasteiger partial charge on any atom is -0.461 e. The molecule has 6 heteroatoms. The molecule has 0 saturated carbocycles. The zero-order chi connectivity index (χ0) is 17.6. The average Bonchev–Trinajstić information content (AvgIpc) is 2.65. The van der Waals surface area contributed by atoms with Gasteiger partial charge in [0.2, 0.25) is 0 Å². The largest absolute Gasteiger partial charge is 0.461 e. The summed E-state index contributed by atoms with van der Waals surface area (Å²) < 4.78 is 11.2. The van der Waals surface area contributed by atoms with Gasteiger partial charge >= 0.3 is 5.97 Å². The average molecular weight is 380 g/mol. The molecule has 3 rings (SSSR count). The summed E-state index contributed by atoms with van der Waals surface area (Å²) in [6.07, 6.45) is -0.0617. The van der Waals surface area contributed by atoms with E-state index in [9.17, 15) is 4.79 Å². The van der Waals surface area contributed by atoms with Crippen molar-refractivity contribution in [3.63, 3.8) is 0 Å². The summed E-state index contributed by atoms with van der Waals surface area (Å²) in [5, 5.41) is 1.06. The first-order chi connectivity index (χ1) is 12.1. The highest BCUT2D eigenvalue weighted by atomic mass is 35.5. The molecule has 1 aliphatic rings. The lowest BCUT2D eigenvalue weighted by molar-refractivity contribution is -0.0355. The number of hydrogen-bond acceptors (Lipinski definition) is 4. The van der Waals surface area contributed by atoms with Gasteiger partial charge in [-0.2, -0.15) is 0 Å². The highest BCUT2D eigenvalue weighted by Crippen LogP contribution is 2.28. The number of benzene rings is 2. The van der Waals surface area contributed by atoms with Gasteiger partial charge in [-0.25, -0.2) is 4.79 Å². The number of ether oxygens (including phenoxy) is 2. The number of nitrogens with zero attached hydrogens (tertiary/aromatic N) is 1. The van der Waals surface area contributed by atoms with Crippen LogP contribution in [0, 0.1) is 0 Å². The Balaban J connectivity index is 1.50. The maximum Gasteiger partial charge on any atom is 0.338 e. The van der Waals surface area contributed by atoms with Crippen molar-refractivity contribution in [2.75, 3.05) is 32.8 Å². The van der Waals surface area contributed by atoms with Crippen LogP contribution in [0.1, 0.15) is 22.0 Å². The van der Waals surface area contributed by atoms with Crippen molar-refractivity contribution in [1.82, 2.24) is 4.90 Å². The Hall–Kier alpha value is -1.59. The normalized spacial score (nSPS) is 18.1. The lowest BCUT2D eigenvalue weighted by Gasteiger charge is -2.33. The number of halogens is 2. The van der Waals surface area contributed by atoms with Gasteiger partial charge < -0.3 is 9.47 Å². The van der Waals surface area contributed by atoms with E-state index >= 15 is 0 Å². The molecule has 0 aliphatic carbocycles. The van der Waals surface area contributed by atoms with E-state index in [4.69, 9.17) is 32.7 Å². The molecular formula is C19H19Cl2NO3. The van der Waals surface area contributed by atoms with Crippen molar-refractivity contribution in [3.05, 3.63) is 69.7 Å². The maximum atomic E-state index is 11.9. The van der Waals surface area contributed by atoms with Crippen molar-refractivity contribution in [3.8, 4) is 0 Å². The third-order valence-corrected chi connectivity index (χ3v) is 4.86. The molecule has 0 spiro atoms.